The van der Waals surface area contributed by atoms with Crippen LogP contribution in [0.25, 0.3) is 10.2 Å². The van der Waals surface area contributed by atoms with E-state index in [0.29, 0.717) is 30.3 Å². The van der Waals surface area contributed by atoms with Crippen LogP contribution in [0.5, 0.6) is 0 Å². The minimum atomic E-state index is 0.345. The van der Waals surface area contributed by atoms with Gasteiger partial charge in [0.15, 0.2) is 5.82 Å². The van der Waals surface area contributed by atoms with Gasteiger partial charge < -0.3 is 10.5 Å². The van der Waals surface area contributed by atoms with Gasteiger partial charge in [-0.2, -0.15) is 0 Å². The highest BCUT2D eigenvalue weighted by molar-refractivity contribution is 7.16. The van der Waals surface area contributed by atoms with Crippen LogP contribution in [-0.2, 0) is 11.3 Å². The Balaban J connectivity index is 1.71. The van der Waals surface area contributed by atoms with Crippen molar-refractivity contribution in [3.8, 4) is 0 Å². The molecule has 2 aromatic heterocycles. The molecule has 0 aromatic carbocycles. The molecule has 19 heavy (non-hydrogen) atoms. The molecule has 0 aliphatic heterocycles. The smallest absolute Gasteiger partial charge is 0.158 e. The number of nitrogens with two attached hydrogens (primary N) is 1. The predicted octanol–water partition coefficient (Wildman–Crippen LogP) is 3.37. The second-order valence-corrected chi connectivity index (χ2v) is 6.17. The Hall–Kier alpha value is -1.20. The van der Waals surface area contributed by atoms with E-state index in [1.54, 1.807) is 11.3 Å². The zero-order chi connectivity index (χ0) is 13.2. The van der Waals surface area contributed by atoms with Gasteiger partial charge in [-0.1, -0.05) is 19.8 Å². The lowest BCUT2D eigenvalue weighted by Gasteiger charge is -2.28. The minimum Gasteiger partial charge on any atom is -0.383 e. The van der Waals surface area contributed by atoms with Crippen LogP contribution < -0.4 is 5.73 Å². The quantitative estimate of drug-likeness (QED) is 0.934. The van der Waals surface area contributed by atoms with Crippen molar-refractivity contribution in [1.29, 1.82) is 0 Å². The molecule has 2 atom stereocenters. The fourth-order valence-electron chi connectivity index (χ4n) is 2.70. The van der Waals surface area contributed by atoms with Crippen molar-refractivity contribution < 1.29 is 4.74 Å². The molecule has 1 aliphatic carbocycles. The first-order chi connectivity index (χ1) is 9.24. The molecule has 3 rings (SSSR count). The average molecular weight is 277 g/mol. The number of hydrogen-bond donors (Lipinski definition) is 1. The van der Waals surface area contributed by atoms with E-state index < -0.39 is 0 Å². The first-order valence-corrected chi connectivity index (χ1v) is 7.73. The van der Waals surface area contributed by atoms with Gasteiger partial charge in [0.1, 0.15) is 17.3 Å². The fourth-order valence-corrected chi connectivity index (χ4v) is 3.49. The first kappa shape index (κ1) is 12.8. The normalized spacial score (nSPS) is 23.8. The Morgan fingerprint density at radius 3 is 3.05 bits per heavy atom. The summed E-state index contributed by atoms with van der Waals surface area (Å²) in [6.07, 6.45) is 5.35. The molecule has 2 heterocycles. The van der Waals surface area contributed by atoms with E-state index >= 15 is 0 Å². The number of fused-ring (bicyclic) bond motifs is 1. The summed E-state index contributed by atoms with van der Waals surface area (Å²) in [5, 5.41) is 2.93. The van der Waals surface area contributed by atoms with E-state index in [1.165, 1.54) is 19.3 Å². The van der Waals surface area contributed by atoms with Gasteiger partial charge in [0.2, 0.25) is 0 Å². The maximum atomic E-state index is 5.99. The van der Waals surface area contributed by atoms with Crippen LogP contribution in [0.1, 0.15) is 38.4 Å². The molecule has 1 fully saturated rings. The number of nitrogen functional groups attached to an aromatic ring is 1. The van der Waals surface area contributed by atoms with Crippen LogP contribution in [0, 0.1) is 5.92 Å². The number of thiophene rings is 1. The molecule has 1 aliphatic rings. The van der Waals surface area contributed by atoms with Gasteiger partial charge in [0.25, 0.3) is 0 Å². The SMILES string of the molecule is CC1CCCCC1OCc1nc(N)c2ccsc2n1. The third-order valence-electron chi connectivity index (χ3n) is 3.86. The standard InChI is InChI=1S/C14H19N3OS/c1-9-4-2-3-5-11(9)18-8-12-16-13(15)10-6-7-19-14(10)17-12/h6-7,9,11H,2-5,8H2,1H3,(H2,15,16,17). The molecule has 0 bridgehead atoms. The molecular formula is C14H19N3OS. The van der Waals surface area contributed by atoms with Crippen molar-refractivity contribution in [1.82, 2.24) is 9.97 Å². The number of ether oxygens (including phenoxy) is 1. The monoisotopic (exact) mass is 277 g/mol. The van der Waals surface area contributed by atoms with Gasteiger partial charge in [0.05, 0.1) is 11.5 Å². The van der Waals surface area contributed by atoms with Gasteiger partial charge in [-0.3, -0.25) is 0 Å². The molecule has 2 N–H and O–H groups in total. The number of anilines is 1. The molecule has 1 saturated carbocycles. The highest BCUT2D eigenvalue weighted by Gasteiger charge is 2.22. The third kappa shape index (κ3) is 2.72. The van der Waals surface area contributed by atoms with E-state index in [-0.39, 0.29) is 0 Å². The van der Waals surface area contributed by atoms with E-state index in [1.807, 2.05) is 11.4 Å². The lowest BCUT2D eigenvalue weighted by atomic mass is 9.88. The summed E-state index contributed by atoms with van der Waals surface area (Å²) in [5.74, 6) is 1.89. The van der Waals surface area contributed by atoms with E-state index in [0.717, 1.165) is 16.6 Å². The van der Waals surface area contributed by atoms with Gasteiger partial charge in [-0.15, -0.1) is 11.3 Å². The van der Waals surface area contributed by atoms with Gasteiger partial charge in [0, 0.05) is 0 Å². The Labute approximate surface area is 117 Å². The van der Waals surface area contributed by atoms with E-state index in [4.69, 9.17) is 10.5 Å². The molecule has 0 radical (unpaired) electrons. The summed E-state index contributed by atoms with van der Waals surface area (Å²) < 4.78 is 5.99. The summed E-state index contributed by atoms with van der Waals surface area (Å²) in [5.41, 5.74) is 5.94. The Bertz CT molecular complexity index is 569. The minimum absolute atomic E-state index is 0.345. The molecule has 0 spiro atoms. The largest absolute Gasteiger partial charge is 0.383 e. The van der Waals surface area contributed by atoms with E-state index in [9.17, 15) is 0 Å². The van der Waals surface area contributed by atoms with Gasteiger partial charge in [-0.05, 0) is 30.2 Å². The molecule has 0 saturated heterocycles. The Morgan fingerprint density at radius 2 is 2.21 bits per heavy atom. The highest BCUT2D eigenvalue weighted by Crippen LogP contribution is 2.27. The summed E-state index contributed by atoms with van der Waals surface area (Å²) >= 11 is 1.59. The van der Waals surface area contributed by atoms with Crippen LogP contribution >= 0.6 is 11.3 Å². The summed E-state index contributed by atoms with van der Waals surface area (Å²) in [7, 11) is 0. The maximum absolute atomic E-state index is 5.99. The van der Waals surface area contributed by atoms with Gasteiger partial charge in [-0.25, -0.2) is 9.97 Å². The van der Waals surface area contributed by atoms with Crippen molar-refractivity contribution >= 4 is 27.4 Å². The highest BCUT2D eigenvalue weighted by atomic mass is 32.1. The fraction of sp³-hybridized carbons (Fsp3) is 0.571. The summed E-state index contributed by atoms with van der Waals surface area (Å²) in [6.45, 7) is 2.73. The predicted molar refractivity (Wildman–Crippen MR) is 78.0 cm³/mol. The Morgan fingerprint density at radius 1 is 1.37 bits per heavy atom. The van der Waals surface area contributed by atoms with Crippen molar-refractivity contribution in [2.45, 2.75) is 45.3 Å². The number of nitrogens with zero attached hydrogens (tertiary/aromatic N) is 2. The van der Waals surface area contributed by atoms with Crippen LogP contribution in [0.2, 0.25) is 0 Å². The molecule has 0 amide bonds. The lowest BCUT2D eigenvalue weighted by molar-refractivity contribution is -0.0180. The third-order valence-corrected chi connectivity index (χ3v) is 4.67. The number of hydrogen-bond acceptors (Lipinski definition) is 5. The first-order valence-electron chi connectivity index (χ1n) is 6.85. The number of aromatic nitrogens is 2. The topological polar surface area (TPSA) is 61.0 Å². The van der Waals surface area contributed by atoms with Crippen molar-refractivity contribution in [3.05, 3.63) is 17.3 Å². The second-order valence-electron chi connectivity index (χ2n) is 5.28. The zero-order valence-corrected chi connectivity index (χ0v) is 11.9. The van der Waals surface area contributed by atoms with Gasteiger partial charge >= 0.3 is 0 Å². The Kier molecular flexibility index (Phi) is 3.66. The molecule has 2 unspecified atom stereocenters. The van der Waals surface area contributed by atoms with E-state index in [2.05, 4.69) is 16.9 Å². The molecule has 102 valence electrons. The molecule has 5 heteroatoms. The van der Waals surface area contributed by atoms with Crippen LogP contribution in [0.3, 0.4) is 0 Å². The number of rotatable bonds is 3. The zero-order valence-electron chi connectivity index (χ0n) is 11.1. The molecule has 2 aromatic rings. The van der Waals surface area contributed by atoms with Crippen molar-refractivity contribution in [2.24, 2.45) is 5.92 Å². The van der Waals surface area contributed by atoms with Crippen LogP contribution in [-0.4, -0.2) is 16.1 Å². The van der Waals surface area contributed by atoms with Crippen molar-refractivity contribution in [3.63, 3.8) is 0 Å². The average Bonchev–Trinajstić information content (AvgIpc) is 2.87. The molecular weight excluding hydrogens is 258 g/mol. The molecule has 4 nitrogen and oxygen atoms in total. The van der Waals surface area contributed by atoms with Crippen molar-refractivity contribution in [2.75, 3.05) is 5.73 Å². The maximum Gasteiger partial charge on any atom is 0.158 e. The lowest BCUT2D eigenvalue weighted by Crippen LogP contribution is -2.25. The summed E-state index contributed by atoms with van der Waals surface area (Å²) in [4.78, 5) is 9.79. The second kappa shape index (κ2) is 5.43. The van der Waals surface area contributed by atoms with Crippen LogP contribution in [0.15, 0.2) is 11.4 Å². The summed E-state index contributed by atoms with van der Waals surface area (Å²) in [6, 6.07) is 1.96. The van der Waals surface area contributed by atoms with Crippen LogP contribution in [0.4, 0.5) is 5.82 Å².